The van der Waals surface area contributed by atoms with Crippen LogP contribution in [0.2, 0.25) is 0 Å². The molecule has 0 spiro atoms. The van der Waals surface area contributed by atoms with Gasteiger partial charge in [0, 0.05) is 44.0 Å². The van der Waals surface area contributed by atoms with Crippen molar-refractivity contribution in [3.05, 3.63) is 46.8 Å². The molecule has 26 heteroatoms. The first-order valence-corrected chi connectivity index (χ1v) is 23.7. The highest BCUT2D eigenvalue weighted by Crippen LogP contribution is 2.45. The summed E-state index contributed by atoms with van der Waals surface area (Å²) in [6.07, 6.45) is -18.9. The lowest BCUT2D eigenvalue weighted by Crippen LogP contribution is -2.70. The van der Waals surface area contributed by atoms with E-state index in [1.165, 1.54) is 46.5 Å². The van der Waals surface area contributed by atoms with E-state index in [0.717, 1.165) is 6.92 Å². The zero-order valence-corrected chi connectivity index (χ0v) is 41.4. The molecule has 2 unspecified atom stereocenters. The molecule has 402 valence electrons. The Balaban J connectivity index is 1.74. The fourth-order valence-corrected chi connectivity index (χ4v) is 10.3. The van der Waals surface area contributed by atoms with E-state index in [0.29, 0.717) is 17.3 Å². The normalized spacial score (nSPS) is 41.1. The molecule has 25 nitrogen and oxygen atoms in total. The Morgan fingerprint density at radius 2 is 1.55 bits per heavy atom. The highest BCUT2D eigenvalue weighted by Gasteiger charge is 2.57. The number of hydrogen-bond acceptors (Lipinski definition) is 22. The smallest absolute Gasteiger partial charge is 0.405 e. The van der Waals surface area contributed by atoms with E-state index in [9.17, 15) is 75.0 Å². The Bertz CT molecular complexity index is 2010. The summed E-state index contributed by atoms with van der Waals surface area (Å²) in [5.41, 5.74) is 5.83. The zero-order chi connectivity index (χ0) is 53.4. The van der Waals surface area contributed by atoms with Crippen LogP contribution in [0.15, 0.2) is 46.8 Å². The van der Waals surface area contributed by atoms with Crippen molar-refractivity contribution < 1.29 is 103 Å². The molecule has 4 amide bonds. The number of ketones is 1. The van der Waals surface area contributed by atoms with Gasteiger partial charge in [-0.05, 0) is 38.2 Å². The number of thioether (sulfide) groups is 1. The minimum absolute atomic E-state index is 0.00823. The number of primary amides is 1. The quantitative estimate of drug-likeness (QED) is 0.0609. The summed E-state index contributed by atoms with van der Waals surface area (Å²) in [6, 6.07) is -5.36. The average molecular weight is 1040 g/mol. The SMILES string of the molecule is COC1=C2C[C@@H](C)C[C@H](OC)[C@@H](O)[C@@H](C)/C=C(/C)[C@H](OC(N)=O)[C@@H](OC)/C=C/C=C(/C)C(=O)N[C@H](C2=O)[C@@]1(O)SC[C@H](NC(C)=O)C(=O)N[C@H]1[C@@H](OC2[C@H](O)[C@H](O)C(O)[C@H](O)[C@H]2O)O[C@H](CO)[C@@H](O)[C@@H]1O. The van der Waals surface area contributed by atoms with Gasteiger partial charge in [0.2, 0.25) is 17.7 Å². The van der Waals surface area contributed by atoms with E-state index in [-0.39, 0.29) is 29.7 Å². The van der Waals surface area contributed by atoms with Crippen molar-refractivity contribution in [2.75, 3.05) is 33.7 Å². The molecule has 2 fully saturated rings. The number of methoxy groups -OCH3 is 3. The van der Waals surface area contributed by atoms with Crippen LogP contribution < -0.4 is 21.7 Å². The third kappa shape index (κ3) is 13.7. The fraction of sp³-hybridized carbons (Fsp3) is 0.711. The summed E-state index contributed by atoms with van der Waals surface area (Å²) in [4.78, 5) is 64.7. The zero-order valence-electron chi connectivity index (χ0n) is 40.6. The first-order valence-electron chi connectivity index (χ1n) is 22.8. The molecule has 0 aromatic heterocycles. The Kier molecular flexibility index (Phi) is 21.5. The van der Waals surface area contributed by atoms with E-state index in [4.69, 9.17) is 34.2 Å². The minimum Gasteiger partial charge on any atom is -0.497 e. The summed E-state index contributed by atoms with van der Waals surface area (Å²) in [6.45, 7) is 6.65. The summed E-state index contributed by atoms with van der Waals surface area (Å²) < 4.78 is 33.7. The number of ether oxygens (including phenoxy) is 6. The van der Waals surface area contributed by atoms with Crippen LogP contribution in [0.1, 0.15) is 47.5 Å². The Labute approximate surface area is 414 Å². The van der Waals surface area contributed by atoms with Crippen LogP contribution in [-0.2, 0) is 47.6 Å². The van der Waals surface area contributed by atoms with Crippen molar-refractivity contribution in [1.29, 1.82) is 0 Å². The number of hydrogen-bond donors (Lipinski definition) is 14. The molecular weight excluding hydrogens is 965 g/mol. The number of amides is 4. The summed E-state index contributed by atoms with van der Waals surface area (Å²) in [7, 11) is 3.91. The molecule has 1 saturated heterocycles. The fourth-order valence-electron chi connectivity index (χ4n) is 8.98. The van der Waals surface area contributed by atoms with E-state index < -0.39 is 162 Å². The number of carbonyl (C=O) groups excluding carboxylic acids is 5. The van der Waals surface area contributed by atoms with Crippen molar-refractivity contribution in [3.63, 3.8) is 0 Å². The Morgan fingerprint density at radius 1 is 0.930 bits per heavy atom. The van der Waals surface area contributed by atoms with Crippen LogP contribution in [0.4, 0.5) is 4.79 Å². The number of aliphatic hydroxyl groups excluding tert-OH is 9. The predicted octanol–water partition coefficient (Wildman–Crippen LogP) is -4.62. The molecule has 0 aromatic carbocycles. The highest BCUT2D eigenvalue weighted by atomic mass is 32.2. The summed E-state index contributed by atoms with van der Waals surface area (Å²) >= 11 is 0.495. The first kappa shape index (κ1) is 59.5. The van der Waals surface area contributed by atoms with Crippen molar-refractivity contribution in [3.8, 4) is 0 Å². The minimum atomic E-state index is -2.51. The predicted molar refractivity (Wildman–Crippen MR) is 247 cm³/mol. The molecule has 4 aliphatic rings. The van der Waals surface area contributed by atoms with Gasteiger partial charge in [0.25, 0.3) is 0 Å². The van der Waals surface area contributed by atoms with Crippen LogP contribution in [0.3, 0.4) is 0 Å². The topological polar surface area (TPSA) is 405 Å². The lowest BCUT2D eigenvalue weighted by atomic mass is 9.84. The van der Waals surface area contributed by atoms with Gasteiger partial charge in [-0.15, -0.1) is 11.8 Å². The third-order valence-corrected chi connectivity index (χ3v) is 14.3. The molecule has 2 aliphatic carbocycles. The third-order valence-electron chi connectivity index (χ3n) is 13.0. The summed E-state index contributed by atoms with van der Waals surface area (Å²) in [5.74, 6) is -5.58. The van der Waals surface area contributed by atoms with Gasteiger partial charge >= 0.3 is 6.09 Å². The van der Waals surface area contributed by atoms with Crippen molar-refractivity contribution in [2.45, 2.75) is 156 Å². The van der Waals surface area contributed by atoms with Gasteiger partial charge in [0.05, 0.1) is 25.9 Å². The average Bonchev–Trinajstić information content (AvgIpc) is 3.51. The van der Waals surface area contributed by atoms with Gasteiger partial charge in [-0.2, -0.15) is 0 Å². The maximum Gasteiger partial charge on any atom is 0.405 e. The van der Waals surface area contributed by atoms with Gasteiger partial charge in [-0.1, -0.05) is 38.2 Å². The van der Waals surface area contributed by atoms with Crippen LogP contribution in [0.5, 0.6) is 0 Å². The number of nitrogens with one attached hydrogen (secondary N) is 3. The Morgan fingerprint density at radius 3 is 2.10 bits per heavy atom. The number of Topliss-reactive ketones (excluding diaryl/α,β-unsaturated/α-hetero) is 1. The second-order valence-electron chi connectivity index (χ2n) is 18.2. The standard InChI is InChI=1S/C45H70N4O21S/c1-17-12-22-29(53)39(49-41(61)18(2)10-9-11-24(65-6)37(70-44(46)63)20(4)14-19(3)28(52)25(13-17)66-7)45(64,40(22)67-8)71-16-23(47-21(5)51)42(62)48-27-31(55)30(54)26(15-50)68-43(27)69-38-35(59)33(57)32(56)34(58)36(38)60/h9-11,14,17,19,23-28,30-39,43,50,52,54-60,64H,12-13,15-16H2,1-8H3,(H2,46,63)(H,47,51)(H,48,62)(H,49,61)/b11-9+,18-10-,20-14-/t17-,19+,23+,24+,25+,26-,27-,28+,30-,31-,32?,33-,34+,35-,36-,37+,38?,39-,43-,45-/m1/s1. The Hall–Kier alpha value is -4.10. The summed E-state index contributed by atoms with van der Waals surface area (Å²) in [5, 5.41) is 115. The highest BCUT2D eigenvalue weighted by molar-refractivity contribution is 8.00. The number of aliphatic hydroxyl groups is 10. The lowest BCUT2D eigenvalue weighted by molar-refractivity contribution is -0.319. The molecule has 2 bridgehead atoms. The van der Waals surface area contributed by atoms with E-state index >= 15 is 0 Å². The van der Waals surface area contributed by atoms with Crippen LogP contribution in [-0.4, -0.2) is 223 Å². The molecule has 15 N–H and O–H groups in total. The van der Waals surface area contributed by atoms with Gasteiger partial charge < -0.3 is 101 Å². The van der Waals surface area contributed by atoms with Gasteiger partial charge in [0.15, 0.2) is 23.1 Å². The van der Waals surface area contributed by atoms with E-state index in [1.54, 1.807) is 26.8 Å². The molecule has 0 radical (unpaired) electrons. The largest absolute Gasteiger partial charge is 0.497 e. The van der Waals surface area contributed by atoms with Crippen molar-refractivity contribution >= 4 is 41.4 Å². The molecule has 1 saturated carbocycles. The van der Waals surface area contributed by atoms with Crippen LogP contribution in [0, 0.1) is 11.8 Å². The number of rotatable bonds is 13. The van der Waals surface area contributed by atoms with Crippen LogP contribution in [0.25, 0.3) is 0 Å². The first-order chi connectivity index (χ1) is 33.3. The number of carbonyl (C=O) groups is 5. The van der Waals surface area contributed by atoms with Crippen molar-refractivity contribution in [1.82, 2.24) is 16.0 Å². The maximum atomic E-state index is 14.5. The second kappa shape index (κ2) is 25.7. The second-order valence-corrected chi connectivity index (χ2v) is 19.5. The maximum absolute atomic E-state index is 14.5. The molecule has 4 rings (SSSR count). The number of fused-ring (bicyclic) bond motifs is 2. The number of nitrogens with two attached hydrogens (primary N) is 1. The molecule has 20 atom stereocenters. The molecular formula is C45H70N4O21S. The van der Waals surface area contributed by atoms with E-state index in [1.807, 2.05) is 0 Å². The van der Waals surface area contributed by atoms with Gasteiger partial charge in [0.1, 0.15) is 84.9 Å². The van der Waals surface area contributed by atoms with E-state index in [2.05, 4.69) is 16.0 Å². The molecule has 71 heavy (non-hydrogen) atoms. The number of allylic oxidation sites excluding steroid dienone is 2. The lowest BCUT2D eigenvalue weighted by Gasteiger charge is -2.47. The van der Waals surface area contributed by atoms with Crippen molar-refractivity contribution in [2.24, 2.45) is 17.6 Å². The molecule has 2 heterocycles. The van der Waals surface area contributed by atoms with Gasteiger partial charge in [-0.3, -0.25) is 19.2 Å². The molecule has 0 aromatic rings. The van der Waals surface area contributed by atoms with Gasteiger partial charge in [-0.25, -0.2) is 4.79 Å². The van der Waals surface area contributed by atoms with Crippen LogP contribution >= 0.6 is 11.8 Å². The molecule has 2 aliphatic heterocycles. The monoisotopic (exact) mass is 1030 g/mol.